The predicted molar refractivity (Wildman–Crippen MR) is 14.5 cm³/mol. The van der Waals surface area contributed by atoms with Crippen LogP contribution < -0.4 is 0 Å². The topological polar surface area (TPSA) is 126 Å². The fourth-order valence-corrected chi connectivity index (χ4v) is 0. The standard InChI is InChI=1S/4Mn.4H2O/h;;;;4*1H2. The Labute approximate surface area is 89.7 Å². The van der Waals surface area contributed by atoms with Crippen molar-refractivity contribution in [2.75, 3.05) is 0 Å². The van der Waals surface area contributed by atoms with Gasteiger partial charge in [-0.25, -0.2) is 0 Å². The van der Waals surface area contributed by atoms with Crippen LogP contribution in [0, 0.1) is 0 Å². The molecule has 0 heterocycles. The Morgan fingerprint density at radius 3 is 0.250 bits per heavy atom. The maximum atomic E-state index is 0. The Balaban J connectivity index is 0. The second kappa shape index (κ2) is 152. The monoisotopic (exact) mass is 292 g/mol. The van der Waals surface area contributed by atoms with Crippen LogP contribution in [-0.2, 0) is 68.3 Å². The van der Waals surface area contributed by atoms with E-state index in [1.807, 2.05) is 0 Å². The van der Waals surface area contributed by atoms with Crippen molar-refractivity contribution in [3.05, 3.63) is 0 Å². The first-order valence-electron chi connectivity index (χ1n) is 0. The van der Waals surface area contributed by atoms with Gasteiger partial charge in [-0.2, -0.15) is 0 Å². The fraction of sp³-hybridized carbons (Fsp3) is 0. The van der Waals surface area contributed by atoms with Gasteiger partial charge in [-0.15, -0.1) is 0 Å². The van der Waals surface area contributed by atoms with Gasteiger partial charge in [0.05, 0.1) is 0 Å². The summed E-state index contributed by atoms with van der Waals surface area (Å²) in [6.07, 6.45) is 0. The molecule has 0 saturated heterocycles. The molecule has 8 N–H and O–H groups in total. The van der Waals surface area contributed by atoms with E-state index in [4.69, 9.17) is 0 Å². The summed E-state index contributed by atoms with van der Waals surface area (Å²) in [5, 5.41) is 0. The molecule has 60 valence electrons. The molecule has 0 amide bonds. The Morgan fingerprint density at radius 2 is 0.250 bits per heavy atom. The maximum absolute atomic E-state index is 0. The minimum absolute atomic E-state index is 0. The largest absolute Gasteiger partial charge is 0.412 e. The van der Waals surface area contributed by atoms with Gasteiger partial charge in [-0.1, -0.05) is 0 Å². The smallest absolute Gasteiger partial charge is 0 e. The van der Waals surface area contributed by atoms with Gasteiger partial charge in [0.15, 0.2) is 0 Å². The van der Waals surface area contributed by atoms with Crippen molar-refractivity contribution in [3.63, 3.8) is 0 Å². The van der Waals surface area contributed by atoms with Crippen LogP contribution in [0.4, 0.5) is 0 Å². The van der Waals surface area contributed by atoms with Crippen molar-refractivity contribution in [3.8, 4) is 0 Å². The zero-order valence-corrected chi connectivity index (χ0v) is 8.23. The average molecular weight is 292 g/mol. The van der Waals surface area contributed by atoms with Crippen LogP contribution in [0.5, 0.6) is 0 Å². The molecule has 0 saturated carbocycles. The number of hydrogen-bond donors (Lipinski definition) is 0. The van der Waals surface area contributed by atoms with E-state index >= 15 is 0 Å². The van der Waals surface area contributed by atoms with Gasteiger partial charge >= 0.3 is 0 Å². The van der Waals surface area contributed by atoms with Gasteiger partial charge in [-0.3, -0.25) is 0 Å². The molecule has 4 nitrogen and oxygen atoms in total. The second-order valence-electron chi connectivity index (χ2n) is 0. The fourth-order valence-electron chi connectivity index (χ4n) is 0. The zero-order chi connectivity index (χ0) is 0. The summed E-state index contributed by atoms with van der Waals surface area (Å²) in [5.41, 5.74) is 0. The summed E-state index contributed by atoms with van der Waals surface area (Å²) in [6.45, 7) is 0. The van der Waals surface area contributed by atoms with Crippen molar-refractivity contribution >= 4 is 0 Å². The molecule has 8 heteroatoms. The molecular weight excluding hydrogens is 284 g/mol. The first-order valence-corrected chi connectivity index (χ1v) is 0. The van der Waals surface area contributed by atoms with E-state index in [2.05, 4.69) is 0 Å². The first-order chi connectivity index (χ1) is 0. The molecule has 0 aliphatic heterocycles. The quantitative estimate of drug-likeness (QED) is 0.414. The van der Waals surface area contributed by atoms with Crippen LogP contribution in [0.25, 0.3) is 0 Å². The molecule has 0 aromatic rings. The molecule has 0 rings (SSSR count). The molecule has 0 atom stereocenters. The Hall–Kier alpha value is 1.92. The summed E-state index contributed by atoms with van der Waals surface area (Å²) >= 11 is 0. The van der Waals surface area contributed by atoms with Crippen LogP contribution in [0.3, 0.4) is 0 Å². The molecule has 0 aromatic heterocycles. The molecule has 0 unspecified atom stereocenters. The van der Waals surface area contributed by atoms with E-state index in [1.165, 1.54) is 0 Å². The van der Waals surface area contributed by atoms with Gasteiger partial charge in [-0.05, 0) is 0 Å². The van der Waals surface area contributed by atoms with E-state index in [1.54, 1.807) is 0 Å². The van der Waals surface area contributed by atoms with Gasteiger partial charge < -0.3 is 21.9 Å². The van der Waals surface area contributed by atoms with Crippen molar-refractivity contribution in [2.45, 2.75) is 0 Å². The third-order valence-electron chi connectivity index (χ3n) is 0. The van der Waals surface area contributed by atoms with Gasteiger partial charge in [0.1, 0.15) is 0 Å². The first kappa shape index (κ1) is 214. The SMILES string of the molecule is O.O.O.O.[Mn].[Mn].[Mn].[Mn]. The molecule has 0 aliphatic carbocycles. The molecule has 0 fully saturated rings. The summed E-state index contributed by atoms with van der Waals surface area (Å²) in [4.78, 5) is 0. The second-order valence-corrected chi connectivity index (χ2v) is 0. The molecular formula is H8Mn4O4. The third-order valence-corrected chi connectivity index (χ3v) is 0. The van der Waals surface area contributed by atoms with E-state index < -0.39 is 0 Å². The number of hydrogen-bond acceptors (Lipinski definition) is 0. The Kier molecular flexibility index (Phi) is 4070. The Morgan fingerprint density at radius 1 is 0.250 bits per heavy atom. The van der Waals surface area contributed by atoms with Gasteiger partial charge in [0.2, 0.25) is 0 Å². The molecule has 0 aromatic carbocycles. The van der Waals surface area contributed by atoms with E-state index in [9.17, 15) is 0 Å². The molecule has 0 bridgehead atoms. The predicted octanol–water partition coefficient (Wildman–Crippen LogP) is -3.31. The minimum atomic E-state index is 0. The summed E-state index contributed by atoms with van der Waals surface area (Å²) < 4.78 is 0. The molecule has 4 radical (unpaired) electrons. The van der Waals surface area contributed by atoms with Crippen molar-refractivity contribution in [2.24, 2.45) is 0 Å². The minimum Gasteiger partial charge on any atom is -0.412 e. The van der Waals surface area contributed by atoms with Crippen molar-refractivity contribution in [1.82, 2.24) is 0 Å². The molecule has 8 heavy (non-hydrogen) atoms. The van der Waals surface area contributed by atoms with Crippen LogP contribution in [-0.4, -0.2) is 21.9 Å². The third kappa shape index (κ3) is 103. The number of rotatable bonds is 0. The summed E-state index contributed by atoms with van der Waals surface area (Å²) in [7, 11) is 0. The van der Waals surface area contributed by atoms with Crippen LogP contribution >= 0.6 is 0 Å². The van der Waals surface area contributed by atoms with E-state index in [0.717, 1.165) is 0 Å². The maximum Gasteiger partial charge on any atom is 0 e. The van der Waals surface area contributed by atoms with Crippen molar-refractivity contribution in [1.29, 1.82) is 0 Å². The van der Waals surface area contributed by atoms with E-state index in [0.29, 0.717) is 0 Å². The van der Waals surface area contributed by atoms with E-state index in [-0.39, 0.29) is 90.2 Å². The summed E-state index contributed by atoms with van der Waals surface area (Å²) in [5.74, 6) is 0. The van der Waals surface area contributed by atoms with Crippen LogP contribution in [0.1, 0.15) is 0 Å². The average Bonchev–Trinajstić information content (AvgIpc) is 0. The van der Waals surface area contributed by atoms with Gasteiger partial charge in [0, 0.05) is 68.3 Å². The molecule has 0 spiro atoms. The van der Waals surface area contributed by atoms with Crippen LogP contribution in [0.15, 0.2) is 0 Å². The normalized spacial score (nSPS) is 0. The Bertz CT molecular complexity index is 8.00. The van der Waals surface area contributed by atoms with Gasteiger partial charge in [0.25, 0.3) is 0 Å². The van der Waals surface area contributed by atoms with Crippen LogP contribution in [0.2, 0.25) is 0 Å². The van der Waals surface area contributed by atoms with Crippen molar-refractivity contribution < 1.29 is 90.2 Å². The zero-order valence-electron chi connectivity index (χ0n) is 3.51. The summed E-state index contributed by atoms with van der Waals surface area (Å²) in [6, 6.07) is 0. The molecule has 0 aliphatic rings.